The predicted octanol–water partition coefficient (Wildman–Crippen LogP) is 3.16. The van der Waals surface area contributed by atoms with Crippen LogP contribution in [0.15, 0.2) is 5.03 Å². The monoisotopic (exact) mass is 380 g/mol. The molecule has 2 N–H and O–H groups in total. The van der Waals surface area contributed by atoms with E-state index in [1.165, 1.54) is 22.2 Å². The Morgan fingerprint density at radius 3 is 2.56 bits per heavy atom. The average molecular weight is 381 g/mol. The Bertz CT molecular complexity index is 787. The van der Waals surface area contributed by atoms with E-state index in [1.807, 2.05) is 0 Å². The minimum Gasteiger partial charge on any atom is -0.273 e. The second kappa shape index (κ2) is 8.62. The summed E-state index contributed by atoms with van der Waals surface area (Å²) in [6.07, 6.45) is 1.79. The average Bonchev–Trinajstić information content (AvgIpc) is 2.85. The van der Waals surface area contributed by atoms with Crippen LogP contribution in [-0.2, 0) is 16.0 Å². The number of carbonyl (C=O) groups excluding carboxylic acids is 2. The van der Waals surface area contributed by atoms with Gasteiger partial charge in [-0.2, -0.15) is 0 Å². The second-order valence-electron chi connectivity index (χ2n) is 6.14. The number of hydrogen-bond donors (Lipinski definition) is 2. The molecule has 0 saturated carbocycles. The minimum absolute atomic E-state index is 0.178. The van der Waals surface area contributed by atoms with Crippen LogP contribution < -0.4 is 10.9 Å². The number of thioether (sulfide) groups is 1. The van der Waals surface area contributed by atoms with Gasteiger partial charge < -0.3 is 0 Å². The lowest BCUT2D eigenvalue weighted by atomic mass is 10.2. The number of hydrogen-bond acceptors (Lipinski definition) is 6. The summed E-state index contributed by atoms with van der Waals surface area (Å²) in [4.78, 5) is 35.0. The number of aryl methyl sites for hydroxylation is 3. The van der Waals surface area contributed by atoms with Crippen LogP contribution in [0.1, 0.15) is 43.5 Å². The number of nitrogens with zero attached hydrogens (tertiary/aromatic N) is 2. The van der Waals surface area contributed by atoms with Gasteiger partial charge in [-0.1, -0.05) is 32.5 Å². The Labute approximate surface area is 156 Å². The van der Waals surface area contributed by atoms with Crippen molar-refractivity contribution in [3.8, 4) is 0 Å². The maximum absolute atomic E-state index is 12.0. The van der Waals surface area contributed by atoms with Crippen molar-refractivity contribution >= 4 is 45.1 Å². The molecule has 0 aliphatic rings. The van der Waals surface area contributed by atoms with E-state index in [1.54, 1.807) is 25.2 Å². The molecule has 0 aromatic carbocycles. The highest BCUT2D eigenvalue weighted by molar-refractivity contribution is 8.00. The number of carbonyl (C=O) groups is 2. The van der Waals surface area contributed by atoms with Crippen LogP contribution in [-0.4, -0.2) is 27.5 Å². The summed E-state index contributed by atoms with van der Waals surface area (Å²) in [5.74, 6) is 0.351. The second-order valence-corrected chi connectivity index (χ2v) is 8.31. The van der Waals surface area contributed by atoms with Crippen molar-refractivity contribution in [1.82, 2.24) is 20.8 Å². The lowest BCUT2D eigenvalue weighted by Gasteiger charge is -2.10. The van der Waals surface area contributed by atoms with Crippen molar-refractivity contribution in [2.24, 2.45) is 5.92 Å². The van der Waals surface area contributed by atoms with Gasteiger partial charge in [0, 0.05) is 22.6 Å². The molecule has 0 radical (unpaired) electrons. The van der Waals surface area contributed by atoms with Crippen molar-refractivity contribution in [2.75, 3.05) is 5.75 Å². The highest BCUT2D eigenvalue weighted by atomic mass is 32.2. The lowest BCUT2D eigenvalue weighted by Crippen LogP contribution is -2.44. The van der Waals surface area contributed by atoms with Gasteiger partial charge in [0.1, 0.15) is 15.7 Å². The molecule has 0 aliphatic heterocycles. The van der Waals surface area contributed by atoms with Gasteiger partial charge in [-0.05, 0) is 25.8 Å². The minimum atomic E-state index is -0.257. The maximum atomic E-state index is 12.0. The van der Waals surface area contributed by atoms with E-state index < -0.39 is 0 Å². The molecule has 0 aliphatic carbocycles. The van der Waals surface area contributed by atoms with Crippen LogP contribution >= 0.6 is 23.1 Å². The van der Waals surface area contributed by atoms with Crippen molar-refractivity contribution in [3.05, 3.63) is 16.3 Å². The molecule has 25 heavy (non-hydrogen) atoms. The fourth-order valence-corrected chi connectivity index (χ4v) is 4.16. The first-order valence-corrected chi connectivity index (χ1v) is 10.1. The summed E-state index contributed by atoms with van der Waals surface area (Å²) < 4.78 is 0. The summed E-state index contributed by atoms with van der Waals surface area (Å²) in [6.45, 7) is 9.76. The number of thiophene rings is 1. The van der Waals surface area contributed by atoms with Crippen molar-refractivity contribution < 1.29 is 9.59 Å². The third kappa shape index (κ3) is 4.92. The van der Waals surface area contributed by atoms with E-state index in [0.717, 1.165) is 33.9 Å². The van der Waals surface area contributed by atoms with Gasteiger partial charge in [-0.3, -0.25) is 20.4 Å². The van der Waals surface area contributed by atoms with Gasteiger partial charge in [-0.15, -0.1) is 11.3 Å². The van der Waals surface area contributed by atoms with Crippen LogP contribution in [0.5, 0.6) is 0 Å². The first kappa shape index (κ1) is 19.7. The van der Waals surface area contributed by atoms with Gasteiger partial charge in [0.05, 0.1) is 5.75 Å². The zero-order valence-electron chi connectivity index (χ0n) is 15.2. The number of fused-ring (bicyclic) bond motifs is 1. The molecule has 2 aromatic heterocycles. The molecule has 0 bridgehead atoms. The van der Waals surface area contributed by atoms with Crippen LogP contribution in [0, 0.1) is 19.8 Å². The predicted molar refractivity (Wildman–Crippen MR) is 103 cm³/mol. The molecule has 2 aromatic rings. The molecule has 2 amide bonds. The molecule has 136 valence electrons. The van der Waals surface area contributed by atoms with Crippen LogP contribution in [0.3, 0.4) is 0 Å². The molecule has 0 fully saturated rings. The number of amides is 2. The summed E-state index contributed by atoms with van der Waals surface area (Å²) >= 11 is 3.04. The standard InChI is InChI=1S/C17H24N4O2S2/c1-6-7-12-18-16(14-10(4)11(5)25-17(14)19-12)24-8-13(22)20-21-15(23)9(2)3/h9H,6-8H2,1-5H3,(H,20,22)(H,21,23). The zero-order chi connectivity index (χ0) is 18.6. The van der Waals surface area contributed by atoms with Crippen molar-refractivity contribution in [2.45, 2.75) is 52.5 Å². The van der Waals surface area contributed by atoms with Gasteiger partial charge in [0.2, 0.25) is 11.8 Å². The van der Waals surface area contributed by atoms with Crippen molar-refractivity contribution in [1.29, 1.82) is 0 Å². The molecular formula is C17H24N4O2S2. The Morgan fingerprint density at radius 1 is 1.20 bits per heavy atom. The summed E-state index contributed by atoms with van der Waals surface area (Å²) in [5, 5.41) is 1.87. The highest BCUT2D eigenvalue weighted by Crippen LogP contribution is 2.35. The third-order valence-corrected chi connectivity index (χ3v) is 5.78. The van der Waals surface area contributed by atoms with Crippen molar-refractivity contribution in [3.63, 3.8) is 0 Å². The molecular weight excluding hydrogens is 356 g/mol. The Balaban J connectivity index is 2.13. The van der Waals surface area contributed by atoms with E-state index in [9.17, 15) is 9.59 Å². The first-order chi connectivity index (χ1) is 11.8. The number of nitrogens with one attached hydrogen (secondary N) is 2. The molecule has 0 unspecified atom stereocenters. The van der Waals surface area contributed by atoms with E-state index in [-0.39, 0.29) is 23.5 Å². The van der Waals surface area contributed by atoms with Gasteiger partial charge in [0.15, 0.2) is 0 Å². The molecule has 2 rings (SSSR count). The van der Waals surface area contributed by atoms with Crippen LogP contribution in [0.25, 0.3) is 10.2 Å². The van der Waals surface area contributed by atoms with E-state index in [0.29, 0.717) is 0 Å². The highest BCUT2D eigenvalue weighted by Gasteiger charge is 2.16. The number of aromatic nitrogens is 2. The molecule has 0 saturated heterocycles. The normalized spacial score (nSPS) is 11.1. The molecule has 0 spiro atoms. The molecule has 6 nitrogen and oxygen atoms in total. The largest absolute Gasteiger partial charge is 0.273 e. The van der Waals surface area contributed by atoms with Crippen LogP contribution in [0.2, 0.25) is 0 Å². The third-order valence-electron chi connectivity index (χ3n) is 3.70. The Hall–Kier alpha value is -1.67. The maximum Gasteiger partial charge on any atom is 0.248 e. The SMILES string of the molecule is CCCc1nc(SCC(=O)NNC(=O)C(C)C)c2c(C)c(C)sc2n1. The first-order valence-electron chi connectivity index (χ1n) is 8.31. The fraction of sp³-hybridized carbons (Fsp3) is 0.529. The van der Waals surface area contributed by atoms with E-state index in [2.05, 4.69) is 41.6 Å². The fourth-order valence-electron chi connectivity index (χ4n) is 2.14. The molecule has 8 heteroatoms. The summed E-state index contributed by atoms with van der Waals surface area (Å²) in [6, 6.07) is 0. The number of hydrazine groups is 1. The quantitative estimate of drug-likeness (QED) is 0.457. The Kier molecular flexibility index (Phi) is 6.78. The molecule has 0 atom stereocenters. The van der Waals surface area contributed by atoms with Gasteiger partial charge >= 0.3 is 0 Å². The summed E-state index contributed by atoms with van der Waals surface area (Å²) in [7, 11) is 0. The van der Waals surface area contributed by atoms with Gasteiger partial charge in [-0.25, -0.2) is 9.97 Å². The van der Waals surface area contributed by atoms with Crippen LogP contribution in [0.4, 0.5) is 0 Å². The number of rotatable bonds is 6. The Morgan fingerprint density at radius 2 is 1.92 bits per heavy atom. The topological polar surface area (TPSA) is 84.0 Å². The summed E-state index contributed by atoms with van der Waals surface area (Å²) in [5.41, 5.74) is 6.03. The zero-order valence-corrected chi connectivity index (χ0v) is 16.9. The van der Waals surface area contributed by atoms with E-state index in [4.69, 9.17) is 0 Å². The smallest absolute Gasteiger partial charge is 0.248 e. The van der Waals surface area contributed by atoms with E-state index >= 15 is 0 Å². The lowest BCUT2D eigenvalue weighted by molar-refractivity contribution is -0.129. The van der Waals surface area contributed by atoms with Gasteiger partial charge in [0.25, 0.3) is 0 Å². The molecule has 2 heterocycles.